The van der Waals surface area contributed by atoms with Gasteiger partial charge in [-0.3, -0.25) is 9.89 Å². The van der Waals surface area contributed by atoms with Crippen molar-refractivity contribution in [3.8, 4) is 0 Å². The summed E-state index contributed by atoms with van der Waals surface area (Å²) in [5, 5.41) is 4.64. The number of benzene rings is 3. The van der Waals surface area contributed by atoms with E-state index in [4.69, 9.17) is 32.9 Å². The van der Waals surface area contributed by atoms with Gasteiger partial charge in [-0.25, -0.2) is 4.79 Å². The van der Waals surface area contributed by atoms with Crippen LogP contribution in [0, 0.1) is 0 Å². The third-order valence-electron chi connectivity index (χ3n) is 6.80. The molecule has 1 fully saturated rings. The summed E-state index contributed by atoms with van der Waals surface area (Å²) >= 11 is 12.5. The number of hydrogen-bond acceptors (Lipinski definition) is 4. The van der Waals surface area contributed by atoms with Crippen LogP contribution in [0.4, 0.5) is 4.79 Å². The van der Waals surface area contributed by atoms with Gasteiger partial charge in [0.2, 0.25) is 0 Å². The lowest BCUT2D eigenvalue weighted by molar-refractivity contribution is 0.133. The molecule has 6 nitrogen and oxygen atoms in total. The number of piperazine rings is 1. The average Bonchev–Trinajstić information content (AvgIpc) is 3.33. The molecule has 8 heteroatoms. The van der Waals surface area contributed by atoms with E-state index in [9.17, 15) is 4.79 Å². The Morgan fingerprint density at radius 2 is 1.57 bits per heavy atom. The predicted octanol–water partition coefficient (Wildman–Crippen LogP) is 6.10. The van der Waals surface area contributed by atoms with Crippen LogP contribution in [0.25, 0.3) is 0 Å². The van der Waals surface area contributed by atoms with Crippen molar-refractivity contribution in [1.82, 2.24) is 15.1 Å². The van der Waals surface area contributed by atoms with Crippen molar-refractivity contribution in [2.45, 2.75) is 25.6 Å². The summed E-state index contributed by atoms with van der Waals surface area (Å²) in [6.07, 6.45) is 0. The molecule has 2 atom stereocenters. The number of urea groups is 1. The number of aliphatic imine (C=N–C) groups is 1. The Morgan fingerprint density at radius 1 is 0.946 bits per heavy atom. The van der Waals surface area contributed by atoms with Gasteiger partial charge >= 0.3 is 6.03 Å². The zero-order chi connectivity index (χ0) is 25.8. The first-order chi connectivity index (χ1) is 18.1. The molecule has 2 aliphatic rings. The largest absolute Gasteiger partial charge is 0.377 e. The van der Waals surface area contributed by atoms with Crippen molar-refractivity contribution in [2.75, 3.05) is 32.8 Å². The number of halogens is 2. The Morgan fingerprint density at radius 3 is 2.22 bits per heavy atom. The lowest BCUT2D eigenvalue weighted by Gasteiger charge is -2.36. The Hall–Kier alpha value is -2.90. The number of hydrogen-bond donors (Lipinski definition) is 1. The van der Waals surface area contributed by atoms with Gasteiger partial charge in [0.1, 0.15) is 11.9 Å². The van der Waals surface area contributed by atoms with E-state index < -0.39 is 0 Å². The standard InChI is InChI=1S/C29H30Cl2N4O2/c1-2-37-19-22-5-3-4-6-25(22)28-33-26(20-7-11-23(30)12-8-20)27(21-9-13-24(31)14-10-21)35(28)29(36)34-17-15-32-16-18-34/h3-14,26-27,32H,2,15-19H2,1H3. The number of ether oxygens (including phenoxy) is 1. The van der Waals surface area contributed by atoms with E-state index in [2.05, 4.69) is 5.32 Å². The number of carbonyl (C=O) groups excluding carboxylic acids is 1. The number of nitrogens with one attached hydrogen (secondary N) is 1. The Labute approximate surface area is 227 Å². The van der Waals surface area contributed by atoms with Gasteiger partial charge in [0.05, 0.1) is 12.6 Å². The van der Waals surface area contributed by atoms with Crippen LogP contribution in [0.3, 0.4) is 0 Å². The van der Waals surface area contributed by atoms with Crippen molar-refractivity contribution in [1.29, 1.82) is 0 Å². The van der Waals surface area contributed by atoms with E-state index in [0.717, 1.165) is 35.3 Å². The topological polar surface area (TPSA) is 57.2 Å². The normalized spacial score (nSPS) is 19.7. The highest BCUT2D eigenvalue weighted by atomic mass is 35.5. The molecule has 2 amide bonds. The van der Waals surface area contributed by atoms with Gasteiger partial charge in [-0.05, 0) is 47.9 Å². The van der Waals surface area contributed by atoms with E-state index in [1.807, 2.05) is 89.5 Å². The monoisotopic (exact) mass is 536 g/mol. The minimum atomic E-state index is -0.351. The van der Waals surface area contributed by atoms with Crippen LogP contribution in [0.2, 0.25) is 10.0 Å². The van der Waals surface area contributed by atoms with E-state index >= 15 is 0 Å². The molecule has 2 unspecified atom stereocenters. The lowest BCUT2D eigenvalue weighted by Crippen LogP contribution is -2.53. The fourth-order valence-corrected chi connectivity index (χ4v) is 5.19. The lowest BCUT2D eigenvalue weighted by atomic mass is 9.93. The van der Waals surface area contributed by atoms with Crippen LogP contribution in [0.1, 0.15) is 41.3 Å². The molecule has 192 valence electrons. The average molecular weight is 537 g/mol. The number of carbonyl (C=O) groups is 1. The highest BCUT2D eigenvalue weighted by molar-refractivity contribution is 6.30. The molecule has 2 heterocycles. The van der Waals surface area contributed by atoms with Gasteiger partial charge < -0.3 is 15.0 Å². The molecule has 0 saturated carbocycles. The molecule has 37 heavy (non-hydrogen) atoms. The van der Waals surface area contributed by atoms with Gasteiger partial charge in [0.15, 0.2) is 0 Å². The summed E-state index contributed by atoms with van der Waals surface area (Å²) in [5.41, 5.74) is 3.84. The van der Waals surface area contributed by atoms with Crippen molar-refractivity contribution < 1.29 is 9.53 Å². The summed E-state index contributed by atoms with van der Waals surface area (Å²) in [6.45, 7) is 5.83. The molecule has 0 spiro atoms. The Bertz CT molecular complexity index is 1260. The van der Waals surface area contributed by atoms with Crippen LogP contribution in [0.15, 0.2) is 77.8 Å². The highest BCUT2D eigenvalue weighted by Crippen LogP contribution is 2.44. The molecule has 0 radical (unpaired) electrons. The first kappa shape index (κ1) is 25.7. The van der Waals surface area contributed by atoms with Gasteiger partial charge in [-0.2, -0.15) is 0 Å². The van der Waals surface area contributed by atoms with Gasteiger partial charge in [0.25, 0.3) is 0 Å². The minimum absolute atomic E-state index is 0.0529. The third-order valence-corrected chi connectivity index (χ3v) is 7.31. The van der Waals surface area contributed by atoms with Crippen molar-refractivity contribution in [3.05, 3.63) is 105 Å². The maximum absolute atomic E-state index is 14.3. The summed E-state index contributed by atoms with van der Waals surface area (Å²) < 4.78 is 5.77. The van der Waals surface area contributed by atoms with Crippen molar-refractivity contribution in [3.63, 3.8) is 0 Å². The summed E-state index contributed by atoms with van der Waals surface area (Å²) in [6, 6.07) is 22.7. The molecule has 0 aliphatic carbocycles. The molecule has 1 N–H and O–H groups in total. The third kappa shape index (κ3) is 5.53. The van der Waals surface area contributed by atoms with Crippen LogP contribution < -0.4 is 5.32 Å². The maximum atomic E-state index is 14.3. The number of amides is 2. The Kier molecular flexibility index (Phi) is 8.11. The number of amidine groups is 1. The fourth-order valence-electron chi connectivity index (χ4n) is 4.94. The van der Waals surface area contributed by atoms with Crippen LogP contribution in [-0.2, 0) is 11.3 Å². The molecular weight excluding hydrogens is 507 g/mol. The predicted molar refractivity (Wildman–Crippen MR) is 148 cm³/mol. The molecule has 0 bridgehead atoms. The van der Waals surface area contributed by atoms with Crippen molar-refractivity contribution in [2.24, 2.45) is 4.99 Å². The maximum Gasteiger partial charge on any atom is 0.326 e. The molecule has 0 aromatic heterocycles. The van der Waals surface area contributed by atoms with Crippen LogP contribution >= 0.6 is 23.2 Å². The molecule has 3 aromatic carbocycles. The number of nitrogens with zero attached hydrogens (tertiary/aromatic N) is 3. The molecular formula is C29H30Cl2N4O2. The highest BCUT2D eigenvalue weighted by Gasteiger charge is 2.44. The first-order valence-corrected chi connectivity index (χ1v) is 13.4. The van der Waals surface area contributed by atoms with E-state index in [1.165, 1.54) is 0 Å². The minimum Gasteiger partial charge on any atom is -0.377 e. The molecule has 3 aromatic rings. The van der Waals surface area contributed by atoms with Gasteiger partial charge in [-0.15, -0.1) is 0 Å². The fraction of sp³-hybridized carbons (Fsp3) is 0.310. The smallest absolute Gasteiger partial charge is 0.326 e. The molecule has 1 saturated heterocycles. The van der Waals surface area contributed by atoms with Crippen LogP contribution in [-0.4, -0.2) is 54.5 Å². The molecule has 5 rings (SSSR count). The summed E-state index contributed by atoms with van der Waals surface area (Å²) in [4.78, 5) is 23.3. The van der Waals surface area contributed by atoms with Crippen LogP contribution in [0.5, 0.6) is 0 Å². The van der Waals surface area contributed by atoms with E-state index in [1.54, 1.807) is 0 Å². The first-order valence-electron chi connectivity index (χ1n) is 12.6. The zero-order valence-corrected chi connectivity index (χ0v) is 22.3. The quantitative estimate of drug-likeness (QED) is 0.414. The van der Waals surface area contributed by atoms with Gasteiger partial charge in [-0.1, -0.05) is 71.7 Å². The Balaban J connectivity index is 1.67. The summed E-state index contributed by atoms with van der Waals surface area (Å²) in [7, 11) is 0. The van der Waals surface area contributed by atoms with Gasteiger partial charge in [0, 0.05) is 48.4 Å². The SMILES string of the molecule is CCOCc1ccccc1C1=NC(c2ccc(Cl)cc2)C(c2ccc(Cl)cc2)N1C(=O)N1CCNCC1. The molecule has 2 aliphatic heterocycles. The van der Waals surface area contributed by atoms with E-state index in [0.29, 0.717) is 42.2 Å². The second-order valence-electron chi connectivity index (χ2n) is 9.13. The zero-order valence-electron chi connectivity index (χ0n) is 20.7. The summed E-state index contributed by atoms with van der Waals surface area (Å²) in [5.74, 6) is 0.652. The number of rotatable bonds is 6. The van der Waals surface area contributed by atoms with E-state index in [-0.39, 0.29) is 18.1 Å². The van der Waals surface area contributed by atoms with Crippen molar-refractivity contribution >= 4 is 35.1 Å². The second kappa shape index (κ2) is 11.7. The second-order valence-corrected chi connectivity index (χ2v) is 10.0.